The Labute approximate surface area is 141 Å². The average molecular weight is 330 g/mol. The lowest BCUT2D eigenvalue weighted by Crippen LogP contribution is -2.32. The maximum atomic E-state index is 13.2. The van der Waals surface area contributed by atoms with Crippen LogP contribution in [0.25, 0.3) is 0 Å². The van der Waals surface area contributed by atoms with Gasteiger partial charge in [0.25, 0.3) is 11.5 Å². The molecule has 0 bridgehead atoms. The van der Waals surface area contributed by atoms with E-state index in [1.807, 2.05) is 0 Å². The van der Waals surface area contributed by atoms with Crippen LogP contribution >= 0.6 is 0 Å². The average Bonchev–Trinajstić information content (AvgIpc) is 2.48. The van der Waals surface area contributed by atoms with E-state index in [1.54, 1.807) is 31.4 Å². The number of aryl methyl sites for hydroxylation is 1. The number of benzene rings is 1. The number of nitrogens with zero attached hydrogens (tertiary/aromatic N) is 1. The lowest BCUT2D eigenvalue weighted by Gasteiger charge is -2.27. The Morgan fingerprint density at radius 3 is 2.38 bits per heavy atom. The summed E-state index contributed by atoms with van der Waals surface area (Å²) in [5.41, 5.74) is 0.888. The summed E-state index contributed by atoms with van der Waals surface area (Å²) in [4.78, 5) is 24.2. The minimum absolute atomic E-state index is 0.0286. The van der Waals surface area contributed by atoms with Gasteiger partial charge in [0.1, 0.15) is 5.82 Å². The SMILES string of the molecule is Cn1ccc(C(=O)N[C@H](CC(C)(C)C)c2ccc(F)cc2)cc1=O. The van der Waals surface area contributed by atoms with E-state index in [1.165, 1.54) is 22.8 Å². The van der Waals surface area contributed by atoms with Crippen molar-refractivity contribution in [2.45, 2.75) is 33.2 Å². The molecular formula is C19H23FN2O2. The van der Waals surface area contributed by atoms with Crippen LogP contribution in [0.5, 0.6) is 0 Å². The molecule has 0 saturated heterocycles. The molecule has 0 fully saturated rings. The van der Waals surface area contributed by atoms with Gasteiger partial charge in [0, 0.05) is 24.9 Å². The van der Waals surface area contributed by atoms with E-state index in [2.05, 4.69) is 26.1 Å². The highest BCUT2D eigenvalue weighted by molar-refractivity contribution is 5.94. The zero-order chi connectivity index (χ0) is 17.9. The van der Waals surface area contributed by atoms with Gasteiger partial charge in [0.05, 0.1) is 6.04 Å². The molecule has 0 spiro atoms. The molecule has 1 amide bonds. The maximum absolute atomic E-state index is 13.2. The molecule has 0 radical (unpaired) electrons. The minimum Gasteiger partial charge on any atom is -0.345 e. The molecule has 2 aromatic rings. The Balaban J connectivity index is 2.26. The molecule has 0 aliphatic carbocycles. The van der Waals surface area contributed by atoms with Crippen molar-refractivity contribution in [1.82, 2.24) is 9.88 Å². The van der Waals surface area contributed by atoms with Gasteiger partial charge in [-0.05, 0) is 35.6 Å². The minimum atomic E-state index is -0.314. The van der Waals surface area contributed by atoms with Crippen LogP contribution < -0.4 is 10.9 Å². The highest BCUT2D eigenvalue weighted by Crippen LogP contribution is 2.29. The molecule has 0 aliphatic rings. The van der Waals surface area contributed by atoms with Crippen LogP contribution in [0.3, 0.4) is 0 Å². The van der Waals surface area contributed by atoms with Crippen LogP contribution in [0.4, 0.5) is 4.39 Å². The van der Waals surface area contributed by atoms with Crippen LogP contribution in [0.1, 0.15) is 49.2 Å². The molecule has 128 valence electrons. The Bertz CT molecular complexity index is 773. The monoisotopic (exact) mass is 330 g/mol. The molecule has 5 heteroatoms. The highest BCUT2D eigenvalue weighted by Gasteiger charge is 2.22. The molecule has 1 aromatic heterocycles. The number of carbonyl (C=O) groups excluding carboxylic acids is 1. The number of hydrogen-bond acceptors (Lipinski definition) is 2. The molecule has 1 aromatic carbocycles. The van der Waals surface area contributed by atoms with Gasteiger partial charge in [-0.25, -0.2) is 4.39 Å². The second-order valence-electron chi connectivity index (χ2n) is 7.21. The number of pyridine rings is 1. The number of amides is 1. The van der Waals surface area contributed by atoms with E-state index < -0.39 is 0 Å². The Morgan fingerprint density at radius 2 is 1.83 bits per heavy atom. The van der Waals surface area contributed by atoms with Crippen LogP contribution in [0.2, 0.25) is 0 Å². The normalized spacial score (nSPS) is 12.7. The van der Waals surface area contributed by atoms with Gasteiger partial charge in [0.2, 0.25) is 0 Å². The van der Waals surface area contributed by atoms with Crippen molar-refractivity contribution in [1.29, 1.82) is 0 Å². The zero-order valence-corrected chi connectivity index (χ0v) is 14.5. The van der Waals surface area contributed by atoms with Gasteiger partial charge in [-0.1, -0.05) is 32.9 Å². The Hall–Kier alpha value is -2.43. The summed E-state index contributed by atoms with van der Waals surface area (Å²) < 4.78 is 14.6. The number of hydrogen-bond donors (Lipinski definition) is 1. The fourth-order valence-corrected chi connectivity index (χ4v) is 2.49. The highest BCUT2D eigenvalue weighted by atomic mass is 19.1. The van der Waals surface area contributed by atoms with Crippen molar-refractivity contribution in [3.05, 3.63) is 69.9 Å². The van der Waals surface area contributed by atoms with Crippen LogP contribution in [0, 0.1) is 11.2 Å². The molecule has 0 unspecified atom stereocenters. The lowest BCUT2D eigenvalue weighted by atomic mass is 9.85. The van der Waals surface area contributed by atoms with E-state index >= 15 is 0 Å². The second-order valence-corrected chi connectivity index (χ2v) is 7.21. The molecule has 1 atom stereocenters. The fraction of sp³-hybridized carbons (Fsp3) is 0.368. The predicted octanol–water partition coefficient (Wildman–Crippen LogP) is 3.43. The molecule has 1 N–H and O–H groups in total. The van der Waals surface area contributed by atoms with Crippen molar-refractivity contribution in [2.75, 3.05) is 0 Å². The predicted molar refractivity (Wildman–Crippen MR) is 92.4 cm³/mol. The van der Waals surface area contributed by atoms with Crippen LogP contribution in [0.15, 0.2) is 47.4 Å². The summed E-state index contributed by atoms with van der Waals surface area (Å²) in [6, 6.07) is 8.78. The van der Waals surface area contributed by atoms with Crippen molar-refractivity contribution >= 4 is 5.91 Å². The first kappa shape index (κ1) is 17.9. The molecule has 4 nitrogen and oxygen atoms in total. The zero-order valence-electron chi connectivity index (χ0n) is 14.5. The Morgan fingerprint density at radius 1 is 1.21 bits per heavy atom. The summed E-state index contributed by atoms with van der Waals surface area (Å²) in [5.74, 6) is -0.627. The topological polar surface area (TPSA) is 51.1 Å². The number of aromatic nitrogens is 1. The van der Waals surface area contributed by atoms with Gasteiger partial charge in [0.15, 0.2) is 0 Å². The third kappa shape index (κ3) is 4.78. The first-order valence-electron chi connectivity index (χ1n) is 7.89. The number of halogens is 1. The van der Waals surface area contributed by atoms with E-state index in [-0.39, 0.29) is 28.7 Å². The standard InChI is InChI=1S/C19H23FN2O2/c1-19(2,3)12-16(13-5-7-15(20)8-6-13)21-18(24)14-9-10-22(4)17(23)11-14/h5-11,16H,12H2,1-4H3,(H,21,24)/t16-/m1/s1. The quantitative estimate of drug-likeness (QED) is 0.934. The van der Waals surface area contributed by atoms with Gasteiger partial charge >= 0.3 is 0 Å². The van der Waals surface area contributed by atoms with E-state index in [9.17, 15) is 14.0 Å². The molecule has 0 aliphatic heterocycles. The van der Waals surface area contributed by atoms with Gasteiger partial charge in [-0.3, -0.25) is 9.59 Å². The maximum Gasteiger partial charge on any atom is 0.252 e. The first-order chi connectivity index (χ1) is 11.2. The second kappa shape index (κ2) is 6.99. The number of rotatable bonds is 4. The van der Waals surface area contributed by atoms with Gasteiger partial charge in [-0.2, -0.15) is 0 Å². The summed E-state index contributed by atoms with van der Waals surface area (Å²) in [6.07, 6.45) is 2.25. The Kier molecular flexibility index (Phi) is 5.22. The van der Waals surface area contributed by atoms with E-state index in [0.717, 1.165) is 5.56 Å². The summed E-state index contributed by atoms with van der Waals surface area (Å²) >= 11 is 0. The van der Waals surface area contributed by atoms with Gasteiger partial charge < -0.3 is 9.88 Å². The summed E-state index contributed by atoms with van der Waals surface area (Å²) in [5, 5.41) is 2.96. The van der Waals surface area contributed by atoms with Gasteiger partial charge in [-0.15, -0.1) is 0 Å². The van der Waals surface area contributed by atoms with Crippen molar-refractivity contribution < 1.29 is 9.18 Å². The molecule has 24 heavy (non-hydrogen) atoms. The van der Waals surface area contributed by atoms with Crippen LogP contribution in [-0.2, 0) is 7.05 Å². The first-order valence-corrected chi connectivity index (χ1v) is 7.89. The van der Waals surface area contributed by atoms with E-state index in [0.29, 0.717) is 12.0 Å². The van der Waals surface area contributed by atoms with Crippen molar-refractivity contribution in [2.24, 2.45) is 12.5 Å². The summed E-state index contributed by atoms with van der Waals surface area (Å²) in [7, 11) is 1.63. The van der Waals surface area contributed by atoms with Crippen LogP contribution in [-0.4, -0.2) is 10.5 Å². The number of carbonyl (C=O) groups is 1. The smallest absolute Gasteiger partial charge is 0.252 e. The fourth-order valence-electron chi connectivity index (χ4n) is 2.49. The number of nitrogens with one attached hydrogen (secondary N) is 1. The van der Waals surface area contributed by atoms with E-state index in [4.69, 9.17) is 0 Å². The third-order valence-electron chi connectivity index (χ3n) is 3.76. The largest absolute Gasteiger partial charge is 0.345 e. The van der Waals surface area contributed by atoms with Crippen molar-refractivity contribution in [3.8, 4) is 0 Å². The lowest BCUT2D eigenvalue weighted by molar-refractivity contribution is 0.0926. The molecule has 2 rings (SSSR count). The summed E-state index contributed by atoms with van der Waals surface area (Å²) in [6.45, 7) is 6.23. The molecular weight excluding hydrogens is 307 g/mol. The molecule has 1 heterocycles. The van der Waals surface area contributed by atoms with Crippen molar-refractivity contribution in [3.63, 3.8) is 0 Å². The molecule has 0 saturated carbocycles. The third-order valence-corrected chi connectivity index (χ3v) is 3.76.